The van der Waals surface area contributed by atoms with Crippen molar-refractivity contribution in [3.8, 4) is 11.3 Å². The third kappa shape index (κ3) is 3.56. The van der Waals surface area contributed by atoms with Gasteiger partial charge in [0.25, 0.3) is 15.9 Å². The summed E-state index contributed by atoms with van der Waals surface area (Å²) in [4.78, 5) is 18.1. The molecule has 3 rings (SSSR count). The molecule has 0 bridgehead atoms. The second-order valence-electron chi connectivity index (χ2n) is 5.11. The number of aromatic nitrogens is 5. The van der Waals surface area contributed by atoms with Crippen LogP contribution in [0.4, 0.5) is 4.39 Å². The Kier molecular flexibility index (Phi) is 4.71. The lowest BCUT2D eigenvalue weighted by atomic mass is 10.1. The minimum atomic E-state index is -4.16. The van der Waals surface area contributed by atoms with Gasteiger partial charge in [-0.05, 0) is 12.1 Å². The molecule has 3 N–H and O–H groups in total. The minimum Gasteiger partial charge on any atom is -0.340 e. The van der Waals surface area contributed by atoms with E-state index in [0.29, 0.717) is 11.3 Å². The molecule has 0 saturated carbocycles. The lowest BCUT2D eigenvalue weighted by Gasteiger charge is -2.09. The Bertz CT molecular complexity index is 1070. The molecule has 26 heavy (non-hydrogen) atoms. The van der Waals surface area contributed by atoms with Gasteiger partial charge in [-0.15, -0.1) is 9.93 Å². The van der Waals surface area contributed by atoms with Gasteiger partial charge in [-0.1, -0.05) is 11.6 Å². The van der Waals surface area contributed by atoms with E-state index in [9.17, 15) is 17.6 Å². The topological polar surface area (TPSA) is 135 Å². The molecule has 0 aliphatic carbocycles. The van der Waals surface area contributed by atoms with Gasteiger partial charge in [0, 0.05) is 18.8 Å². The second-order valence-corrected chi connectivity index (χ2v) is 7.15. The van der Waals surface area contributed by atoms with Gasteiger partial charge in [0.15, 0.2) is 5.82 Å². The SMILES string of the molecule is Cn1cnc(-c2cc(Cl)c(F)c(C(=O)NNS(=O)(=O)c3cn[nH]n3)c2)c1. The van der Waals surface area contributed by atoms with E-state index in [1.807, 2.05) is 5.43 Å². The van der Waals surface area contributed by atoms with Crippen molar-refractivity contribution in [1.29, 1.82) is 0 Å². The lowest BCUT2D eigenvalue weighted by molar-refractivity contribution is 0.0941. The van der Waals surface area contributed by atoms with Crippen LogP contribution in [0.3, 0.4) is 0 Å². The van der Waals surface area contributed by atoms with Crippen molar-refractivity contribution in [3.05, 3.63) is 47.3 Å². The van der Waals surface area contributed by atoms with Gasteiger partial charge in [0.1, 0.15) is 0 Å². The highest BCUT2D eigenvalue weighted by Gasteiger charge is 2.22. The number of carbonyl (C=O) groups excluding carboxylic acids is 1. The number of sulfonamides is 1. The van der Waals surface area contributed by atoms with Crippen molar-refractivity contribution in [1.82, 2.24) is 35.2 Å². The number of nitrogens with one attached hydrogen (secondary N) is 3. The van der Waals surface area contributed by atoms with Crippen LogP contribution in [-0.2, 0) is 17.1 Å². The number of nitrogens with zero attached hydrogens (tertiary/aromatic N) is 4. The Hall–Kier alpha value is -2.83. The number of H-pyrrole nitrogens is 1. The van der Waals surface area contributed by atoms with E-state index >= 15 is 0 Å². The first kappa shape index (κ1) is 18.0. The summed E-state index contributed by atoms with van der Waals surface area (Å²) in [5, 5.41) is 8.10. The largest absolute Gasteiger partial charge is 0.340 e. The molecule has 13 heteroatoms. The predicted octanol–water partition coefficient (Wildman–Crippen LogP) is 0.621. The molecule has 0 aliphatic rings. The number of halogens is 2. The molecular formula is C13H11ClFN7O3S. The first-order valence-corrected chi connectivity index (χ1v) is 8.79. The Morgan fingerprint density at radius 2 is 2.15 bits per heavy atom. The van der Waals surface area contributed by atoms with Crippen molar-refractivity contribution in [2.45, 2.75) is 5.03 Å². The number of rotatable bonds is 5. The average Bonchev–Trinajstić information content (AvgIpc) is 3.27. The van der Waals surface area contributed by atoms with Crippen molar-refractivity contribution in [2.24, 2.45) is 7.05 Å². The number of aromatic amines is 1. The average molecular weight is 400 g/mol. The molecule has 2 heterocycles. The van der Waals surface area contributed by atoms with Crippen molar-refractivity contribution < 1.29 is 17.6 Å². The molecule has 0 saturated heterocycles. The maximum absolute atomic E-state index is 14.2. The van der Waals surface area contributed by atoms with Gasteiger partial charge in [0.05, 0.1) is 28.8 Å². The molecule has 0 radical (unpaired) electrons. The summed E-state index contributed by atoms with van der Waals surface area (Å²) in [5.41, 5.74) is 2.29. The molecule has 3 aromatic rings. The summed E-state index contributed by atoms with van der Waals surface area (Å²) >= 11 is 5.84. The molecule has 0 fully saturated rings. The highest BCUT2D eigenvalue weighted by atomic mass is 35.5. The molecule has 1 amide bonds. The fraction of sp³-hybridized carbons (Fsp3) is 0.0769. The number of benzene rings is 1. The van der Waals surface area contributed by atoms with E-state index in [2.05, 4.69) is 20.4 Å². The Morgan fingerprint density at radius 3 is 2.77 bits per heavy atom. The number of carbonyl (C=O) groups is 1. The first-order valence-electron chi connectivity index (χ1n) is 6.93. The summed E-state index contributed by atoms with van der Waals surface area (Å²) in [6.45, 7) is 0. The maximum Gasteiger partial charge on any atom is 0.278 e. The third-order valence-corrected chi connectivity index (χ3v) is 4.63. The zero-order valence-corrected chi connectivity index (χ0v) is 14.6. The summed E-state index contributed by atoms with van der Waals surface area (Å²) < 4.78 is 39.7. The number of imidazole rings is 1. The van der Waals surface area contributed by atoms with Gasteiger partial charge >= 0.3 is 0 Å². The van der Waals surface area contributed by atoms with Crippen LogP contribution in [0.1, 0.15) is 10.4 Å². The van der Waals surface area contributed by atoms with E-state index in [0.717, 1.165) is 6.20 Å². The zero-order chi connectivity index (χ0) is 18.9. The van der Waals surface area contributed by atoms with Gasteiger partial charge in [-0.25, -0.2) is 17.8 Å². The van der Waals surface area contributed by atoms with Crippen molar-refractivity contribution in [2.75, 3.05) is 0 Å². The molecule has 136 valence electrons. The fourth-order valence-corrected chi connectivity index (χ4v) is 2.92. The van der Waals surface area contributed by atoms with Crippen LogP contribution >= 0.6 is 11.6 Å². The number of amides is 1. The van der Waals surface area contributed by atoms with Gasteiger partial charge in [-0.2, -0.15) is 10.3 Å². The van der Waals surface area contributed by atoms with E-state index < -0.39 is 32.3 Å². The van der Waals surface area contributed by atoms with E-state index in [-0.39, 0.29) is 5.02 Å². The van der Waals surface area contributed by atoms with Crippen LogP contribution in [0.25, 0.3) is 11.3 Å². The van der Waals surface area contributed by atoms with Gasteiger partial charge < -0.3 is 4.57 Å². The normalized spacial score (nSPS) is 11.5. The van der Waals surface area contributed by atoms with Crippen LogP contribution in [0.15, 0.2) is 35.9 Å². The number of hydrazine groups is 1. The molecular weight excluding hydrogens is 389 g/mol. The summed E-state index contributed by atoms with van der Waals surface area (Å²) in [6.07, 6.45) is 4.12. The van der Waals surface area contributed by atoms with Crippen LogP contribution in [0, 0.1) is 5.82 Å². The third-order valence-electron chi connectivity index (χ3n) is 3.24. The fourth-order valence-electron chi connectivity index (χ4n) is 2.02. The first-order chi connectivity index (χ1) is 12.3. The molecule has 1 aromatic carbocycles. The van der Waals surface area contributed by atoms with Gasteiger partial charge in [-0.3, -0.25) is 10.2 Å². The minimum absolute atomic E-state index is 0.308. The van der Waals surface area contributed by atoms with Crippen molar-refractivity contribution >= 4 is 27.5 Å². The number of hydrogen-bond donors (Lipinski definition) is 3. The number of hydrogen-bond acceptors (Lipinski definition) is 6. The van der Waals surface area contributed by atoms with E-state index in [4.69, 9.17) is 11.6 Å². The summed E-state index contributed by atoms with van der Waals surface area (Å²) in [5.74, 6) is -2.04. The smallest absolute Gasteiger partial charge is 0.278 e. The van der Waals surface area contributed by atoms with Crippen LogP contribution in [0.2, 0.25) is 5.02 Å². The molecule has 0 spiro atoms. The van der Waals surface area contributed by atoms with Crippen LogP contribution in [0.5, 0.6) is 0 Å². The molecule has 2 aromatic heterocycles. The second kappa shape index (κ2) is 6.82. The molecule has 0 atom stereocenters. The molecule has 0 aliphatic heterocycles. The summed E-state index contributed by atoms with van der Waals surface area (Å²) in [7, 11) is -2.42. The van der Waals surface area contributed by atoms with Crippen LogP contribution in [-0.4, -0.2) is 39.3 Å². The van der Waals surface area contributed by atoms with Gasteiger partial charge in [0.2, 0.25) is 5.03 Å². The molecule has 10 nitrogen and oxygen atoms in total. The zero-order valence-electron chi connectivity index (χ0n) is 13.1. The van der Waals surface area contributed by atoms with Crippen LogP contribution < -0.4 is 10.3 Å². The van der Waals surface area contributed by atoms with E-state index in [1.54, 1.807) is 22.6 Å². The van der Waals surface area contributed by atoms with Crippen molar-refractivity contribution in [3.63, 3.8) is 0 Å². The monoisotopic (exact) mass is 399 g/mol. The quantitative estimate of drug-likeness (QED) is 0.538. The Balaban J connectivity index is 1.86. The lowest BCUT2D eigenvalue weighted by Crippen LogP contribution is -2.42. The highest BCUT2D eigenvalue weighted by Crippen LogP contribution is 2.27. The highest BCUT2D eigenvalue weighted by molar-refractivity contribution is 7.89. The number of aryl methyl sites for hydroxylation is 1. The molecule has 0 unspecified atom stereocenters. The Labute approximate surface area is 151 Å². The standard InChI is InChI=1S/C13H11ClFN7O3S/c1-22-5-10(16-6-22)7-2-8(12(15)9(14)3-7)13(23)19-21-26(24,25)11-4-17-20-18-11/h2-6,21H,1H3,(H,19,23)(H,17,18,20). The summed E-state index contributed by atoms with van der Waals surface area (Å²) in [6, 6.07) is 2.53. The Morgan fingerprint density at radius 1 is 1.38 bits per heavy atom. The predicted molar refractivity (Wildman–Crippen MR) is 87.8 cm³/mol. The van der Waals surface area contributed by atoms with E-state index in [1.165, 1.54) is 18.5 Å². The maximum atomic E-state index is 14.2.